The number of anilines is 1. The highest BCUT2D eigenvalue weighted by Gasteiger charge is 2.28. The van der Waals surface area contributed by atoms with Crippen molar-refractivity contribution < 1.29 is 28.7 Å². The van der Waals surface area contributed by atoms with Gasteiger partial charge in [-0.1, -0.05) is 0 Å². The molecule has 0 fully saturated rings. The van der Waals surface area contributed by atoms with E-state index in [0.29, 0.717) is 10.6 Å². The lowest BCUT2D eigenvalue weighted by Crippen LogP contribution is -2.32. The summed E-state index contributed by atoms with van der Waals surface area (Å²) >= 11 is 1.35. The van der Waals surface area contributed by atoms with E-state index in [2.05, 4.69) is 15.8 Å². The lowest BCUT2D eigenvalue weighted by Gasteiger charge is -2.11. The molecule has 0 spiro atoms. The van der Waals surface area contributed by atoms with E-state index in [4.69, 9.17) is 9.47 Å². The Morgan fingerprint density at radius 1 is 1.15 bits per heavy atom. The zero-order chi connectivity index (χ0) is 19.4. The van der Waals surface area contributed by atoms with E-state index in [-0.39, 0.29) is 31.1 Å². The monoisotopic (exact) mass is 393 g/mol. The Hall–Kier alpha value is -2.75. The molecule has 9 nitrogen and oxygen atoms in total. The van der Waals surface area contributed by atoms with E-state index in [1.807, 2.05) is 0 Å². The predicted molar refractivity (Wildman–Crippen MR) is 96.7 cm³/mol. The van der Waals surface area contributed by atoms with Gasteiger partial charge in [0.25, 0.3) is 5.91 Å². The number of fused-ring (bicyclic) bond motifs is 1. The molecule has 1 aromatic rings. The molecule has 1 aromatic heterocycles. The number of hydrogen-bond acceptors (Lipinski definition) is 8. The molecular formula is C17H19N3O6S. The summed E-state index contributed by atoms with van der Waals surface area (Å²) in [5.41, 5.74) is 3.58. The lowest BCUT2D eigenvalue weighted by molar-refractivity contribution is -0.140. The van der Waals surface area contributed by atoms with Crippen molar-refractivity contribution in [3.63, 3.8) is 0 Å². The Balaban J connectivity index is 1.62. The molecule has 0 saturated carbocycles. The van der Waals surface area contributed by atoms with Crippen LogP contribution in [0.3, 0.4) is 0 Å². The van der Waals surface area contributed by atoms with E-state index >= 15 is 0 Å². The summed E-state index contributed by atoms with van der Waals surface area (Å²) in [4.78, 5) is 48.4. The van der Waals surface area contributed by atoms with Crippen LogP contribution in [0.4, 0.5) is 5.00 Å². The van der Waals surface area contributed by atoms with Crippen LogP contribution in [0.2, 0.25) is 0 Å². The Kier molecular flexibility index (Phi) is 5.84. The van der Waals surface area contributed by atoms with Gasteiger partial charge in [0.2, 0.25) is 5.91 Å². The molecule has 1 aliphatic heterocycles. The number of amides is 2. The van der Waals surface area contributed by atoms with Crippen LogP contribution in [-0.4, -0.2) is 42.7 Å². The highest BCUT2D eigenvalue weighted by atomic mass is 32.1. The van der Waals surface area contributed by atoms with Crippen LogP contribution in [0.1, 0.15) is 47.0 Å². The number of esters is 2. The first-order valence-corrected chi connectivity index (χ1v) is 9.45. The van der Waals surface area contributed by atoms with Gasteiger partial charge in [0.15, 0.2) is 6.61 Å². The van der Waals surface area contributed by atoms with Crippen LogP contribution in [0.25, 0.3) is 0 Å². The standard InChI is InChI=1S/C17H19N3O6S/c1-2-25-17(24)14-9-4-3-5-11(9)27-15(14)18-13(22)8-26-16(23)10-6-7-12(21)20-19-10/h2-8H2,1H3,(H,18,22)(H,20,21). The number of nitrogens with one attached hydrogen (secondary N) is 2. The third-order valence-corrected chi connectivity index (χ3v) is 5.34. The van der Waals surface area contributed by atoms with Crippen molar-refractivity contribution in [2.75, 3.05) is 18.5 Å². The van der Waals surface area contributed by atoms with Crippen molar-refractivity contribution in [2.24, 2.45) is 5.10 Å². The van der Waals surface area contributed by atoms with Gasteiger partial charge in [0.05, 0.1) is 12.2 Å². The minimum absolute atomic E-state index is 0.0599. The average molecular weight is 393 g/mol. The largest absolute Gasteiger partial charge is 0.462 e. The normalized spacial score (nSPS) is 15.4. The molecule has 0 aromatic carbocycles. The van der Waals surface area contributed by atoms with Crippen molar-refractivity contribution in [1.82, 2.24) is 5.43 Å². The summed E-state index contributed by atoms with van der Waals surface area (Å²) in [7, 11) is 0. The van der Waals surface area contributed by atoms with Crippen LogP contribution >= 0.6 is 11.3 Å². The number of hydrazone groups is 1. The first-order valence-electron chi connectivity index (χ1n) is 8.63. The van der Waals surface area contributed by atoms with Crippen molar-refractivity contribution in [3.8, 4) is 0 Å². The Morgan fingerprint density at radius 3 is 2.67 bits per heavy atom. The van der Waals surface area contributed by atoms with Gasteiger partial charge in [-0.3, -0.25) is 9.59 Å². The second-order valence-corrected chi connectivity index (χ2v) is 7.10. The number of nitrogens with zero attached hydrogens (tertiary/aromatic N) is 1. The molecule has 2 amide bonds. The smallest absolute Gasteiger partial charge is 0.355 e. The number of rotatable bonds is 6. The number of carbonyl (C=O) groups is 4. The molecule has 0 saturated heterocycles. The number of carbonyl (C=O) groups excluding carboxylic acids is 4. The van der Waals surface area contributed by atoms with Crippen molar-refractivity contribution in [3.05, 3.63) is 16.0 Å². The number of ether oxygens (including phenoxy) is 2. The molecule has 27 heavy (non-hydrogen) atoms. The molecule has 2 aliphatic rings. The third kappa shape index (κ3) is 4.33. The average Bonchev–Trinajstić information content (AvgIpc) is 3.21. The van der Waals surface area contributed by atoms with E-state index in [1.165, 1.54) is 11.3 Å². The molecule has 144 valence electrons. The molecule has 0 unspecified atom stereocenters. The number of thiophene rings is 1. The Bertz CT molecular complexity index is 829. The highest BCUT2D eigenvalue weighted by molar-refractivity contribution is 7.17. The van der Waals surface area contributed by atoms with Gasteiger partial charge in [-0.2, -0.15) is 5.10 Å². The zero-order valence-electron chi connectivity index (χ0n) is 14.8. The van der Waals surface area contributed by atoms with Gasteiger partial charge in [0.1, 0.15) is 10.7 Å². The van der Waals surface area contributed by atoms with Gasteiger partial charge >= 0.3 is 11.9 Å². The SMILES string of the molecule is CCOC(=O)c1c(NC(=O)COC(=O)C2=NNC(=O)CC2)sc2c1CCC2. The van der Waals surface area contributed by atoms with Gasteiger partial charge in [-0.05, 0) is 31.7 Å². The van der Waals surface area contributed by atoms with E-state index in [9.17, 15) is 19.2 Å². The second kappa shape index (κ2) is 8.30. The first-order chi connectivity index (χ1) is 13.0. The van der Waals surface area contributed by atoms with Gasteiger partial charge in [0, 0.05) is 17.7 Å². The molecular weight excluding hydrogens is 374 g/mol. The van der Waals surface area contributed by atoms with Crippen LogP contribution < -0.4 is 10.7 Å². The Labute approximate surface area is 159 Å². The summed E-state index contributed by atoms with van der Waals surface area (Å²) in [6.45, 7) is 1.45. The maximum atomic E-state index is 12.3. The summed E-state index contributed by atoms with van der Waals surface area (Å²) < 4.78 is 10.0. The van der Waals surface area contributed by atoms with Crippen molar-refractivity contribution >= 4 is 45.8 Å². The van der Waals surface area contributed by atoms with Gasteiger partial charge in [-0.25, -0.2) is 15.0 Å². The highest BCUT2D eigenvalue weighted by Crippen LogP contribution is 2.39. The van der Waals surface area contributed by atoms with Gasteiger partial charge in [-0.15, -0.1) is 11.3 Å². The molecule has 2 heterocycles. The zero-order valence-corrected chi connectivity index (χ0v) is 15.6. The summed E-state index contributed by atoms with van der Waals surface area (Å²) in [6, 6.07) is 0. The third-order valence-electron chi connectivity index (χ3n) is 4.13. The van der Waals surface area contributed by atoms with E-state index < -0.39 is 24.5 Å². The summed E-state index contributed by atoms with van der Waals surface area (Å²) in [6.07, 6.45) is 2.91. The molecule has 1 aliphatic carbocycles. The molecule has 10 heteroatoms. The fourth-order valence-electron chi connectivity index (χ4n) is 2.91. The minimum Gasteiger partial charge on any atom is -0.462 e. The maximum Gasteiger partial charge on any atom is 0.355 e. The number of aryl methyl sites for hydroxylation is 1. The molecule has 3 rings (SSSR count). The van der Waals surface area contributed by atoms with E-state index in [0.717, 1.165) is 29.7 Å². The first kappa shape index (κ1) is 19.0. The Morgan fingerprint density at radius 2 is 1.96 bits per heavy atom. The topological polar surface area (TPSA) is 123 Å². The van der Waals surface area contributed by atoms with Crippen LogP contribution in [0.5, 0.6) is 0 Å². The van der Waals surface area contributed by atoms with Crippen LogP contribution in [0.15, 0.2) is 5.10 Å². The fourth-order valence-corrected chi connectivity index (χ4v) is 4.20. The number of hydrogen-bond donors (Lipinski definition) is 2. The predicted octanol–water partition coefficient (Wildman–Crippen LogP) is 1.16. The summed E-state index contributed by atoms with van der Waals surface area (Å²) in [5.74, 6) is -2.06. The summed E-state index contributed by atoms with van der Waals surface area (Å²) in [5, 5.41) is 6.67. The van der Waals surface area contributed by atoms with Crippen molar-refractivity contribution in [1.29, 1.82) is 0 Å². The quantitative estimate of drug-likeness (QED) is 0.699. The molecule has 0 bridgehead atoms. The van der Waals surface area contributed by atoms with Crippen LogP contribution in [-0.2, 0) is 36.7 Å². The maximum absolute atomic E-state index is 12.3. The molecule has 0 atom stereocenters. The van der Waals surface area contributed by atoms with Crippen LogP contribution in [0, 0.1) is 0 Å². The molecule has 0 radical (unpaired) electrons. The minimum atomic E-state index is -0.760. The molecule has 2 N–H and O–H groups in total. The van der Waals surface area contributed by atoms with Gasteiger partial charge < -0.3 is 14.8 Å². The lowest BCUT2D eigenvalue weighted by atomic mass is 10.1. The van der Waals surface area contributed by atoms with E-state index in [1.54, 1.807) is 6.92 Å². The van der Waals surface area contributed by atoms with Crippen molar-refractivity contribution in [2.45, 2.75) is 39.0 Å². The second-order valence-electron chi connectivity index (χ2n) is 6.00. The fraction of sp³-hybridized carbons (Fsp3) is 0.471.